The molecule has 0 bridgehead atoms. The summed E-state index contributed by atoms with van der Waals surface area (Å²) in [6, 6.07) is 10.6. The van der Waals surface area contributed by atoms with E-state index in [-0.39, 0.29) is 17.3 Å². The minimum atomic E-state index is -0.683. The first kappa shape index (κ1) is 17.0. The number of nitrogens with two attached hydrogens (primary N) is 1. The number of carbonyl (C=O) groups excluding carboxylic acids is 1. The lowest BCUT2D eigenvalue weighted by Crippen LogP contribution is -2.13. The third-order valence-electron chi connectivity index (χ3n) is 4.72. The molecule has 1 atom stereocenters. The molecular formula is C19H21N3O3. The Morgan fingerprint density at radius 1 is 1.16 bits per heavy atom. The van der Waals surface area contributed by atoms with Crippen LogP contribution in [0.1, 0.15) is 52.9 Å². The number of hydrogen-bond donors (Lipinski definition) is 2. The predicted molar refractivity (Wildman–Crippen MR) is 96.7 cm³/mol. The highest BCUT2D eigenvalue weighted by Gasteiger charge is 2.19. The van der Waals surface area contributed by atoms with Gasteiger partial charge in [-0.15, -0.1) is 0 Å². The second-order valence-corrected chi connectivity index (χ2v) is 6.45. The van der Waals surface area contributed by atoms with Crippen LogP contribution < -0.4 is 11.1 Å². The van der Waals surface area contributed by atoms with Crippen LogP contribution in [0.25, 0.3) is 0 Å². The molecule has 1 aliphatic carbocycles. The summed E-state index contributed by atoms with van der Waals surface area (Å²) in [6.07, 6.45) is 4.65. The highest BCUT2D eigenvalue weighted by Crippen LogP contribution is 2.31. The monoisotopic (exact) mass is 339 g/mol. The second-order valence-electron chi connectivity index (χ2n) is 6.45. The number of nitrogens with one attached hydrogen (secondary N) is 1. The van der Waals surface area contributed by atoms with Crippen molar-refractivity contribution in [2.45, 2.75) is 38.6 Å². The van der Waals surface area contributed by atoms with E-state index < -0.39 is 10.8 Å². The quantitative estimate of drug-likeness (QED) is 0.640. The van der Waals surface area contributed by atoms with Crippen LogP contribution in [-0.4, -0.2) is 10.8 Å². The van der Waals surface area contributed by atoms with Crippen molar-refractivity contribution in [2.75, 3.05) is 5.32 Å². The van der Waals surface area contributed by atoms with Crippen LogP contribution in [0.4, 0.5) is 11.4 Å². The molecule has 3 N–H and O–H groups in total. The molecule has 0 spiro atoms. The number of amides is 1. The molecule has 0 fully saturated rings. The fraction of sp³-hybridized carbons (Fsp3) is 0.316. The van der Waals surface area contributed by atoms with Gasteiger partial charge in [-0.2, -0.15) is 0 Å². The van der Waals surface area contributed by atoms with Gasteiger partial charge in [-0.05, 0) is 61.4 Å². The normalized spacial score (nSPS) is 14.4. The second kappa shape index (κ2) is 6.93. The Kier molecular flexibility index (Phi) is 4.70. The fourth-order valence-corrected chi connectivity index (χ4v) is 3.30. The van der Waals surface area contributed by atoms with Gasteiger partial charge >= 0.3 is 0 Å². The Hall–Kier alpha value is -2.89. The van der Waals surface area contributed by atoms with Gasteiger partial charge in [-0.1, -0.05) is 18.2 Å². The van der Waals surface area contributed by atoms with Crippen LogP contribution in [-0.2, 0) is 12.8 Å². The van der Waals surface area contributed by atoms with Crippen LogP contribution in [0, 0.1) is 10.1 Å². The molecule has 2 aromatic carbocycles. The Balaban J connectivity index is 1.86. The summed E-state index contributed by atoms with van der Waals surface area (Å²) in [5, 5.41) is 14.5. The number of hydrogen-bond acceptors (Lipinski definition) is 4. The molecule has 1 amide bonds. The molecule has 1 unspecified atom stereocenters. The van der Waals surface area contributed by atoms with E-state index >= 15 is 0 Å². The van der Waals surface area contributed by atoms with Gasteiger partial charge < -0.3 is 11.1 Å². The average Bonchev–Trinajstić information content (AvgIpc) is 2.61. The summed E-state index contributed by atoms with van der Waals surface area (Å²) in [6.45, 7) is 1.97. The summed E-state index contributed by atoms with van der Waals surface area (Å²) < 4.78 is 0. The first-order valence-electron chi connectivity index (χ1n) is 8.42. The van der Waals surface area contributed by atoms with E-state index in [4.69, 9.17) is 5.73 Å². The maximum atomic E-state index is 11.3. The SMILES string of the molecule is CC(Nc1ccc(C(N)=O)cc1[N+](=O)[O-])c1ccc2c(c1)CCCC2. The maximum Gasteiger partial charge on any atom is 0.293 e. The Labute approximate surface area is 146 Å². The zero-order valence-corrected chi connectivity index (χ0v) is 14.1. The molecule has 0 saturated heterocycles. The van der Waals surface area contributed by atoms with E-state index in [0.717, 1.165) is 18.4 Å². The molecule has 6 nitrogen and oxygen atoms in total. The third-order valence-corrected chi connectivity index (χ3v) is 4.72. The van der Waals surface area contributed by atoms with Gasteiger partial charge in [0.2, 0.25) is 5.91 Å². The molecule has 25 heavy (non-hydrogen) atoms. The van der Waals surface area contributed by atoms with Crippen LogP contribution >= 0.6 is 0 Å². The summed E-state index contributed by atoms with van der Waals surface area (Å²) in [5.74, 6) is -0.683. The number of benzene rings is 2. The van der Waals surface area contributed by atoms with Crippen molar-refractivity contribution in [3.05, 3.63) is 68.8 Å². The number of carbonyl (C=O) groups is 1. The number of nitrogens with zero attached hydrogens (tertiary/aromatic N) is 1. The molecule has 0 radical (unpaired) electrons. The van der Waals surface area contributed by atoms with Crippen molar-refractivity contribution >= 4 is 17.3 Å². The van der Waals surface area contributed by atoms with Crippen LogP contribution in [0.15, 0.2) is 36.4 Å². The van der Waals surface area contributed by atoms with E-state index in [1.807, 2.05) is 6.92 Å². The largest absolute Gasteiger partial charge is 0.373 e. The first-order chi connectivity index (χ1) is 12.0. The van der Waals surface area contributed by atoms with Crippen LogP contribution in [0.2, 0.25) is 0 Å². The number of rotatable bonds is 5. The fourth-order valence-electron chi connectivity index (χ4n) is 3.30. The van der Waals surface area contributed by atoms with E-state index in [1.54, 1.807) is 0 Å². The standard InChI is InChI=1S/C19H21N3O3/c1-12(14-7-6-13-4-2-3-5-15(13)10-14)21-17-9-8-16(19(20)23)11-18(17)22(24)25/h6-12,21H,2-5H2,1H3,(H2,20,23). The summed E-state index contributed by atoms with van der Waals surface area (Å²) in [5.41, 5.74) is 9.42. The molecule has 130 valence electrons. The van der Waals surface area contributed by atoms with Gasteiger partial charge in [0.1, 0.15) is 5.69 Å². The minimum absolute atomic E-state index is 0.0923. The zero-order chi connectivity index (χ0) is 18.0. The molecule has 0 heterocycles. The molecule has 0 aromatic heterocycles. The van der Waals surface area contributed by atoms with Crippen molar-refractivity contribution in [3.8, 4) is 0 Å². The van der Waals surface area contributed by atoms with Gasteiger partial charge in [0, 0.05) is 17.7 Å². The molecule has 0 aliphatic heterocycles. The van der Waals surface area contributed by atoms with Crippen molar-refractivity contribution < 1.29 is 9.72 Å². The lowest BCUT2D eigenvalue weighted by atomic mass is 9.89. The summed E-state index contributed by atoms with van der Waals surface area (Å²) >= 11 is 0. The van der Waals surface area contributed by atoms with E-state index in [0.29, 0.717) is 5.69 Å². The van der Waals surface area contributed by atoms with Crippen molar-refractivity contribution in [1.82, 2.24) is 0 Å². The van der Waals surface area contributed by atoms with E-state index in [1.165, 1.54) is 42.2 Å². The molecule has 3 rings (SSSR count). The van der Waals surface area contributed by atoms with Gasteiger partial charge in [0.15, 0.2) is 0 Å². The topological polar surface area (TPSA) is 98.3 Å². The number of nitro groups is 1. The Morgan fingerprint density at radius 3 is 2.56 bits per heavy atom. The summed E-state index contributed by atoms with van der Waals surface area (Å²) in [4.78, 5) is 22.1. The summed E-state index contributed by atoms with van der Waals surface area (Å²) in [7, 11) is 0. The first-order valence-corrected chi connectivity index (χ1v) is 8.42. The number of primary amides is 1. The molecule has 2 aromatic rings. The maximum absolute atomic E-state index is 11.3. The number of nitro benzene ring substituents is 1. The van der Waals surface area contributed by atoms with Crippen LogP contribution in [0.5, 0.6) is 0 Å². The van der Waals surface area contributed by atoms with Gasteiger partial charge in [-0.25, -0.2) is 0 Å². The third kappa shape index (κ3) is 3.63. The smallest absolute Gasteiger partial charge is 0.293 e. The molecule has 0 saturated carbocycles. The molecule has 6 heteroatoms. The van der Waals surface area contributed by atoms with Crippen molar-refractivity contribution in [3.63, 3.8) is 0 Å². The average molecular weight is 339 g/mol. The predicted octanol–water partition coefficient (Wildman–Crippen LogP) is 3.75. The van der Waals surface area contributed by atoms with Gasteiger partial charge in [0.05, 0.1) is 4.92 Å². The highest BCUT2D eigenvalue weighted by molar-refractivity contribution is 5.94. The number of fused-ring (bicyclic) bond motifs is 1. The lowest BCUT2D eigenvalue weighted by molar-refractivity contribution is -0.384. The van der Waals surface area contributed by atoms with Gasteiger partial charge in [0.25, 0.3) is 5.69 Å². The van der Waals surface area contributed by atoms with Crippen molar-refractivity contribution in [1.29, 1.82) is 0 Å². The van der Waals surface area contributed by atoms with Crippen molar-refractivity contribution in [2.24, 2.45) is 5.73 Å². The minimum Gasteiger partial charge on any atom is -0.373 e. The lowest BCUT2D eigenvalue weighted by Gasteiger charge is -2.20. The Bertz CT molecular complexity index is 833. The molecule has 1 aliphatic rings. The van der Waals surface area contributed by atoms with Crippen LogP contribution in [0.3, 0.4) is 0 Å². The number of anilines is 1. The van der Waals surface area contributed by atoms with E-state index in [2.05, 4.69) is 23.5 Å². The highest BCUT2D eigenvalue weighted by atomic mass is 16.6. The van der Waals surface area contributed by atoms with E-state index in [9.17, 15) is 14.9 Å². The Morgan fingerprint density at radius 2 is 1.88 bits per heavy atom. The zero-order valence-electron chi connectivity index (χ0n) is 14.1. The van der Waals surface area contributed by atoms with Gasteiger partial charge in [-0.3, -0.25) is 14.9 Å². The number of aryl methyl sites for hydroxylation is 2. The molecular weight excluding hydrogens is 318 g/mol.